The molecule has 0 amide bonds. The van der Waals surface area contributed by atoms with Gasteiger partial charge >= 0.3 is 5.97 Å². The van der Waals surface area contributed by atoms with E-state index >= 15 is 0 Å². The number of carbonyl (C=O) groups is 2. The van der Waals surface area contributed by atoms with Crippen LogP contribution < -0.4 is 0 Å². The topological polar surface area (TPSA) is 93.1 Å². The van der Waals surface area contributed by atoms with Crippen molar-refractivity contribution in [3.05, 3.63) is 11.3 Å². The van der Waals surface area contributed by atoms with E-state index in [9.17, 15) is 19.8 Å². The number of carbonyl (C=O) groups excluding carboxylic acids is 1. The van der Waals surface area contributed by atoms with Crippen LogP contribution in [0.5, 0.6) is 0 Å². The van der Waals surface area contributed by atoms with Crippen LogP contribution in [0, 0.1) is 16.2 Å². The number of aliphatic hydroxyl groups excluding tert-OH is 1. The Bertz CT molecular complexity index is 534. The van der Waals surface area contributed by atoms with Crippen LogP contribution in [0.2, 0.25) is 0 Å². The average Bonchev–Trinajstić information content (AvgIpc) is 2.37. The number of Topliss-reactive ketones (excluding diaryl/α,β-unsaturated/α-hetero) is 1. The monoisotopic (exact) mass is 328 g/mol. The van der Waals surface area contributed by atoms with Gasteiger partial charge in [0.25, 0.3) is 0 Å². The molecule has 0 aliphatic heterocycles. The molecule has 0 bridgehead atoms. The van der Waals surface area contributed by atoms with E-state index in [2.05, 4.69) is 0 Å². The molecule has 0 saturated carbocycles. The van der Waals surface area contributed by atoms with Gasteiger partial charge in [0.05, 0.1) is 7.11 Å². The van der Waals surface area contributed by atoms with Crippen molar-refractivity contribution >= 4 is 11.8 Å². The van der Waals surface area contributed by atoms with E-state index in [0.29, 0.717) is 5.57 Å². The summed E-state index contributed by atoms with van der Waals surface area (Å²) < 4.78 is 10.9. The van der Waals surface area contributed by atoms with Crippen LogP contribution in [-0.2, 0) is 19.1 Å². The molecule has 0 spiro atoms. The first-order valence-corrected chi connectivity index (χ1v) is 7.55. The number of aliphatic carboxylic acids is 1. The lowest BCUT2D eigenvalue weighted by atomic mass is 9.55. The summed E-state index contributed by atoms with van der Waals surface area (Å²) in [7, 11) is 2.74. The third-order valence-corrected chi connectivity index (χ3v) is 4.59. The second kappa shape index (κ2) is 5.91. The molecule has 1 aliphatic carbocycles. The zero-order valence-corrected chi connectivity index (χ0v) is 15.2. The predicted octanol–water partition coefficient (Wildman–Crippen LogP) is 2.01. The van der Waals surface area contributed by atoms with Gasteiger partial charge in [0, 0.05) is 12.7 Å². The van der Waals surface area contributed by atoms with Gasteiger partial charge in [-0.3, -0.25) is 9.59 Å². The van der Waals surface area contributed by atoms with E-state index in [1.54, 1.807) is 20.8 Å². The van der Waals surface area contributed by atoms with Gasteiger partial charge in [-0.1, -0.05) is 41.5 Å². The zero-order valence-electron chi connectivity index (χ0n) is 15.2. The summed E-state index contributed by atoms with van der Waals surface area (Å²) in [6, 6.07) is 0. The highest BCUT2D eigenvalue weighted by Gasteiger charge is 2.67. The number of rotatable bonds is 3. The molecule has 2 N–H and O–H groups in total. The van der Waals surface area contributed by atoms with Crippen molar-refractivity contribution in [1.82, 2.24) is 0 Å². The predicted molar refractivity (Wildman–Crippen MR) is 84.8 cm³/mol. The minimum absolute atomic E-state index is 0.212. The van der Waals surface area contributed by atoms with E-state index in [1.165, 1.54) is 14.2 Å². The van der Waals surface area contributed by atoms with Gasteiger partial charge in [0.2, 0.25) is 0 Å². The van der Waals surface area contributed by atoms with E-state index < -0.39 is 40.2 Å². The van der Waals surface area contributed by atoms with Crippen LogP contribution in [0.1, 0.15) is 41.5 Å². The largest absolute Gasteiger partial charge is 0.498 e. The summed E-state index contributed by atoms with van der Waals surface area (Å²) in [5, 5.41) is 20.6. The quantitative estimate of drug-likeness (QED) is 0.770. The molecule has 0 heterocycles. The molecule has 132 valence electrons. The summed E-state index contributed by atoms with van der Waals surface area (Å²) in [5.74, 6) is -1.89. The number of hydrogen-bond donors (Lipinski definition) is 2. The lowest BCUT2D eigenvalue weighted by Gasteiger charge is -2.50. The van der Waals surface area contributed by atoms with Gasteiger partial charge in [-0.25, -0.2) is 0 Å². The van der Waals surface area contributed by atoms with Gasteiger partial charge in [-0.05, 0) is 10.8 Å². The SMILES string of the molecule is COC1=C(C(C)(C)C)C(O)C(=O)C(C(=O)O)(C(C)(C)C)C1OC. The number of carboxylic acids is 1. The second-order valence-corrected chi connectivity index (χ2v) is 7.98. The molecule has 6 heteroatoms. The van der Waals surface area contributed by atoms with Crippen molar-refractivity contribution in [1.29, 1.82) is 0 Å². The molecule has 0 radical (unpaired) electrons. The molecule has 0 aromatic rings. The van der Waals surface area contributed by atoms with Crippen molar-refractivity contribution < 1.29 is 29.3 Å². The Labute approximate surface area is 137 Å². The standard InChI is InChI=1S/C17H28O6/c1-15(2,3)9-10(18)12(19)17(14(20)21,16(4,5)6)13(23-8)11(9)22-7/h10,13,18H,1-8H3,(H,20,21). The molecule has 1 aliphatic rings. The molecule has 3 atom stereocenters. The first-order chi connectivity index (χ1) is 10.3. The maximum atomic E-state index is 13.0. The van der Waals surface area contributed by atoms with Crippen molar-refractivity contribution in [2.45, 2.75) is 53.8 Å². The van der Waals surface area contributed by atoms with Gasteiger partial charge in [-0.15, -0.1) is 0 Å². The van der Waals surface area contributed by atoms with Gasteiger partial charge in [0.1, 0.15) is 18.0 Å². The van der Waals surface area contributed by atoms with Crippen molar-refractivity contribution in [3.63, 3.8) is 0 Å². The van der Waals surface area contributed by atoms with Gasteiger partial charge < -0.3 is 19.7 Å². The Balaban J connectivity index is 3.90. The highest BCUT2D eigenvalue weighted by molar-refractivity contribution is 6.09. The molecule has 0 aromatic heterocycles. The first-order valence-electron chi connectivity index (χ1n) is 7.55. The molecule has 1 rings (SSSR count). The lowest BCUT2D eigenvalue weighted by Crippen LogP contribution is -2.64. The van der Waals surface area contributed by atoms with Crippen molar-refractivity contribution in [2.24, 2.45) is 16.2 Å². The number of aliphatic hydroxyl groups is 1. The highest BCUT2D eigenvalue weighted by atomic mass is 16.5. The third kappa shape index (κ3) is 2.68. The molecule has 0 aromatic carbocycles. The number of carboxylic acid groups (broad SMARTS) is 1. The number of ketones is 1. The zero-order chi connectivity index (χ0) is 18.4. The Morgan fingerprint density at radius 1 is 1.13 bits per heavy atom. The molecule has 23 heavy (non-hydrogen) atoms. The van der Waals surface area contributed by atoms with Crippen LogP contribution in [0.4, 0.5) is 0 Å². The Kier molecular flexibility index (Phi) is 5.05. The normalized spacial score (nSPS) is 29.7. The van der Waals surface area contributed by atoms with Crippen LogP contribution in [0.3, 0.4) is 0 Å². The van der Waals surface area contributed by atoms with Crippen LogP contribution in [0.25, 0.3) is 0 Å². The number of ether oxygens (including phenoxy) is 2. The van der Waals surface area contributed by atoms with Gasteiger partial charge in [0.15, 0.2) is 11.2 Å². The van der Waals surface area contributed by atoms with E-state index in [-0.39, 0.29) is 5.76 Å². The molecule has 6 nitrogen and oxygen atoms in total. The van der Waals surface area contributed by atoms with Crippen molar-refractivity contribution in [3.8, 4) is 0 Å². The molecule has 0 saturated heterocycles. The summed E-state index contributed by atoms with van der Waals surface area (Å²) in [6.45, 7) is 10.4. The maximum Gasteiger partial charge on any atom is 0.321 e. The number of methoxy groups -OCH3 is 2. The molecule has 3 unspecified atom stereocenters. The highest BCUT2D eigenvalue weighted by Crippen LogP contribution is 2.53. The summed E-state index contributed by atoms with van der Waals surface area (Å²) in [6.07, 6.45) is -2.67. The fourth-order valence-electron chi connectivity index (χ4n) is 3.53. The van der Waals surface area contributed by atoms with E-state index in [4.69, 9.17) is 9.47 Å². The Morgan fingerprint density at radius 2 is 1.61 bits per heavy atom. The third-order valence-electron chi connectivity index (χ3n) is 4.59. The second-order valence-electron chi connectivity index (χ2n) is 7.98. The summed E-state index contributed by atoms with van der Waals surface area (Å²) in [4.78, 5) is 25.2. The fourth-order valence-corrected chi connectivity index (χ4v) is 3.53. The minimum Gasteiger partial charge on any atom is -0.498 e. The van der Waals surface area contributed by atoms with E-state index in [1.807, 2.05) is 20.8 Å². The van der Waals surface area contributed by atoms with Crippen molar-refractivity contribution in [2.75, 3.05) is 14.2 Å². The molecule has 0 fully saturated rings. The van der Waals surface area contributed by atoms with Crippen LogP contribution in [0.15, 0.2) is 11.3 Å². The summed E-state index contributed by atoms with van der Waals surface area (Å²) >= 11 is 0. The smallest absolute Gasteiger partial charge is 0.321 e. The molecular weight excluding hydrogens is 300 g/mol. The van der Waals surface area contributed by atoms with Gasteiger partial charge in [-0.2, -0.15) is 0 Å². The number of hydrogen-bond acceptors (Lipinski definition) is 5. The molecular formula is C17H28O6. The van der Waals surface area contributed by atoms with Crippen LogP contribution >= 0.6 is 0 Å². The van der Waals surface area contributed by atoms with Crippen LogP contribution in [-0.4, -0.2) is 48.4 Å². The summed E-state index contributed by atoms with van der Waals surface area (Å²) in [5.41, 5.74) is -3.16. The maximum absolute atomic E-state index is 13.0. The Hall–Kier alpha value is -1.40. The lowest BCUT2D eigenvalue weighted by molar-refractivity contribution is -0.184. The minimum atomic E-state index is -1.94. The first kappa shape index (κ1) is 19.6. The Morgan fingerprint density at radius 3 is 1.87 bits per heavy atom. The average molecular weight is 328 g/mol. The van der Waals surface area contributed by atoms with E-state index in [0.717, 1.165) is 0 Å². The fraction of sp³-hybridized carbons (Fsp3) is 0.765.